The molecule has 1 rings (SSSR count). The Morgan fingerprint density at radius 2 is 1.90 bits per heavy atom. The highest BCUT2D eigenvalue weighted by atomic mass is 32.2. The second-order valence-electron chi connectivity index (χ2n) is 4.25. The topological polar surface area (TPSA) is 66.4 Å². The van der Waals surface area contributed by atoms with E-state index < -0.39 is 46.2 Å². The Morgan fingerprint density at radius 1 is 1.33 bits per heavy atom. The number of aliphatic hydroxyl groups excluding tert-OH is 1. The van der Waals surface area contributed by atoms with Crippen molar-refractivity contribution in [2.45, 2.75) is 30.8 Å². The number of alkyl halides is 4. The standard InChI is InChI=1S/C11H12F5NO3S/c1-6-8(12)2-7(4-18)3-9(6)21(19,20)17-5-11(15,16)10(13)14/h2-3,10,17-18H,4-5H2,1H3. The first-order chi connectivity index (χ1) is 9.51. The van der Waals surface area contributed by atoms with Crippen LogP contribution in [0.2, 0.25) is 0 Å². The highest BCUT2D eigenvalue weighted by Gasteiger charge is 2.41. The molecule has 10 heteroatoms. The Morgan fingerprint density at radius 3 is 2.38 bits per heavy atom. The summed E-state index contributed by atoms with van der Waals surface area (Å²) in [4.78, 5) is -0.698. The van der Waals surface area contributed by atoms with Crippen LogP contribution in [-0.4, -0.2) is 32.4 Å². The molecule has 120 valence electrons. The number of halogens is 5. The van der Waals surface area contributed by atoms with Gasteiger partial charge in [0.15, 0.2) is 0 Å². The Labute approximate surface area is 117 Å². The van der Waals surface area contributed by atoms with E-state index in [4.69, 9.17) is 5.11 Å². The van der Waals surface area contributed by atoms with Crippen LogP contribution in [0.3, 0.4) is 0 Å². The van der Waals surface area contributed by atoms with Crippen LogP contribution in [0.1, 0.15) is 11.1 Å². The first-order valence-electron chi connectivity index (χ1n) is 5.57. The molecule has 0 radical (unpaired) electrons. The van der Waals surface area contributed by atoms with Gasteiger partial charge in [0, 0.05) is 5.56 Å². The van der Waals surface area contributed by atoms with E-state index in [0.29, 0.717) is 0 Å². The van der Waals surface area contributed by atoms with Gasteiger partial charge in [0.1, 0.15) is 5.82 Å². The van der Waals surface area contributed by atoms with Crippen LogP contribution in [0.5, 0.6) is 0 Å². The van der Waals surface area contributed by atoms with Gasteiger partial charge in [-0.15, -0.1) is 0 Å². The molecule has 0 heterocycles. The summed E-state index contributed by atoms with van der Waals surface area (Å²) in [5.74, 6) is -5.52. The van der Waals surface area contributed by atoms with Gasteiger partial charge >= 0.3 is 12.3 Å². The van der Waals surface area contributed by atoms with Crippen LogP contribution in [-0.2, 0) is 16.6 Å². The third-order valence-corrected chi connectivity index (χ3v) is 4.17. The van der Waals surface area contributed by atoms with E-state index in [1.165, 1.54) is 4.72 Å². The molecule has 1 aromatic rings. The molecule has 0 aliphatic carbocycles. The number of rotatable bonds is 6. The van der Waals surface area contributed by atoms with Gasteiger partial charge in [-0.05, 0) is 24.6 Å². The molecule has 1 aromatic carbocycles. The van der Waals surface area contributed by atoms with Crippen molar-refractivity contribution < 1.29 is 35.5 Å². The minimum absolute atomic E-state index is 0.0981. The van der Waals surface area contributed by atoms with Gasteiger partial charge in [-0.2, -0.15) is 8.78 Å². The number of aliphatic hydroxyl groups is 1. The fourth-order valence-electron chi connectivity index (χ4n) is 1.42. The molecular weight excluding hydrogens is 321 g/mol. The molecule has 0 aliphatic rings. The molecule has 21 heavy (non-hydrogen) atoms. The van der Waals surface area contributed by atoms with Crippen LogP contribution < -0.4 is 4.72 Å². The smallest absolute Gasteiger partial charge is 0.320 e. The highest BCUT2D eigenvalue weighted by molar-refractivity contribution is 7.89. The molecule has 0 aliphatic heterocycles. The van der Waals surface area contributed by atoms with E-state index in [9.17, 15) is 30.4 Å². The minimum Gasteiger partial charge on any atom is -0.392 e. The molecule has 4 nitrogen and oxygen atoms in total. The van der Waals surface area contributed by atoms with Crippen LogP contribution >= 0.6 is 0 Å². The van der Waals surface area contributed by atoms with Gasteiger partial charge in [0.2, 0.25) is 10.0 Å². The molecule has 0 saturated heterocycles. The number of hydrogen-bond donors (Lipinski definition) is 2. The summed E-state index contributed by atoms with van der Waals surface area (Å²) in [6.07, 6.45) is -4.04. The van der Waals surface area contributed by atoms with Gasteiger partial charge in [-0.25, -0.2) is 26.3 Å². The molecule has 0 spiro atoms. The van der Waals surface area contributed by atoms with Crippen molar-refractivity contribution in [2.24, 2.45) is 0 Å². The summed E-state index contributed by atoms with van der Waals surface area (Å²) in [6.45, 7) is -1.42. The summed E-state index contributed by atoms with van der Waals surface area (Å²) in [6, 6.07) is 1.75. The molecule has 0 aromatic heterocycles. The lowest BCUT2D eigenvalue weighted by atomic mass is 10.1. The van der Waals surface area contributed by atoms with Crippen molar-refractivity contribution in [1.82, 2.24) is 4.72 Å². The van der Waals surface area contributed by atoms with Crippen molar-refractivity contribution >= 4 is 10.0 Å². The van der Waals surface area contributed by atoms with E-state index in [0.717, 1.165) is 19.1 Å². The maximum atomic E-state index is 13.5. The molecule has 0 fully saturated rings. The summed E-state index contributed by atoms with van der Waals surface area (Å²) in [5.41, 5.74) is -0.473. The monoisotopic (exact) mass is 333 g/mol. The average Bonchev–Trinajstić information content (AvgIpc) is 2.39. The Bertz CT molecular complexity index is 619. The van der Waals surface area contributed by atoms with E-state index in [-0.39, 0.29) is 11.1 Å². The maximum Gasteiger partial charge on any atom is 0.320 e. The summed E-state index contributed by atoms with van der Waals surface area (Å²) in [7, 11) is -4.63. The molecule has 0 saturated carbocycles. The highest BCUT2D eigenvalue weighted by Crippen LogP contribution is 2.24. The van der Waals surface area contributed by atoms with Gasteiger partial charge in [-0.1, -0.05) is 0 Å². The van der Waals surface area contributed by atoms with Crippen LogP contribution in [0.4, 0.5) is 22.0 Å². The third-order valence-electron chi connectivity index (χ3n) is 2.65. The zero-order chi connectivity index (χ0) is 16.4. The zero-order valence-electron chi connectivity index (χ0n) is 10.7. The van der Waals surface area contributed by atoms with Crippen molar-refractivity contribution in [2.75, 3.05) is 6.54 Å². The normalized spacial score (nSPS) is 13.0. The summed E-state index contributed by atoms with van der Waals surface area (Å²) < 4.78 is 87.8. The van der Waals surface area contributed by atoms with Crippen molar-refractivity contribution in [3.8, 4) is 0 Å². The number of benzene rings is 1. The first-order valence-corrected chi connectivity index (χ1v) is 7.05. The lowest BCUT2D eigenvalue weighted by Crippen LogP contribution is -2.41. The molecule has 0 atom stereocenters. The van der Waals surface area contributed by atoms with E-state index in [2.05, 4.69) is 0 Å². The minimum atomic E-state index is -4.63. The van der Waals surface area contributed by atoms with Gasteiger partial charge < -0.3 is 5.11 Å². The molecule has 0 bridgehead atoms. The molecular formula is C11H12F5NO3S. The second-order valence-corrected chi connectivity index (χ2v) is 5.98. The quantitative estimate of drug-likeness (QED) is 0.780. The van der Waals surface area contributed by atoms with Crippen LogP contribution in [0.25, 0.3) is 0 Å². The largest absolute Gasteiger partial charge is 0.392 e. The Balaban J connectivity index is 3.12. The van der Waals surface area contributed by atoms with E-state index >= 15 is 0 Å². The predicted molar refractivity (Wildman–Crippen MR) is 63.2 cm³/mol. The zero-order valence-corrected chi connectivity index (χ0v) is 11.5. The molecule has 2 N–H and O–H groups in total. The third kappa shape index (κ3) is 4.11. The fraction of sp³-hybridized carbons (Fsp3) is 0.455. The van der Waals surface area contributed by atoms with Gasteiger partial charge in [0.25, 0.3) is 0 Å². The molecule has 0 unspecified atom stereocenters. The lowest BCUT2D eigenvalue weighted by Gasteiger charge is -2.17. The Hall–Kier alpha value is -1.26. The summed E-state index contributed by atoms with van der Waals surface area (Å²) in [5, 5.41) is 8.87. The van der Waals surface area contributed by atoms with E-state index in [1.807, 2.05) is 0 Å². The van der Waals surface area contributed by atoms with Crippen molar-refractivity contribution in [3.05, 3.63) is 29.1 Å². The van der Waals surface area contributed by atoms with Crippen LogP contribution in [0, 0.1) is 12.7 Å². The SMILES string of the molecule is Cc1c(F)cc(CO)cc1S(=O)(=O)NCC(F)(F)C(F)F. The average molecular weight is 333 g/mol. The number of hydrogen-bond acceptors (Lipinski definition) is 3. The first kappa shape index (κ1) is 17.8. The summed E-state index contributed by atoms with van der Waals surface area (Å²) >= 11 is 0. The van der Waals surface area contributed by atoms with Crippen LogP contribution in [0.15, 0.2) is 17.0 Å². The van der Waals surface area contributed by atoms with Crippen molar-refractivity contribution in [3.63, 3.8) is 0 Å². The Kier molecular flexibility index (Phi) is 5.29. The van der Waals surface area contributed by atoms with Gasteiger partial charge in [0.05, 0.1) is 18.0 Å². The van der Waals surface area contributed by atoms with E-state index in [1.54, 1.807) is 0 Å². The number of nitrogens with one attached hydrogen (secondary N) is 1. The van der Waals surface area contributed by atoms with Gasteiger partial charge in [-0.3, -0.25) is 0 Å². The number of sulfonamides is 1. The van der Waals surface area contributed by atoms with Crippen molar-refractivity contribution in [1.29, 1.82) is 0 Å². The molecule has 0 amide bonds. The maximum absolute atomic E-state index is 13.5. The second kappa shape index (κ2) is 6.24. The lowest BCUT2D eigenvalue weighted by molar-refractivity contribution is -0.122. The fourth-order valence-corrected chi connectivity index (χ4v) is 2.77. The predicted octanol–water partition coefficient (Wildman–Crippen LogP) is 1.81.